The molecule has 104 valence electrons. The second-order valence-corrected chi connectivity index (χ2v) is 5.62. The van der Waals surface area contributed by atoms with Crippen LogP contribution in [0.1, 0.15) is 18.5 Å². The number of hydrogen-bond donors (Lipinski definition) is 1. The second-order valence-electron chi connectivity index (χ2n) is 5.62. The average molecular weight is 276 g/mol. The topological polar surface area (TPSA) is 64.7 Å². The van der Waals surface area contributed by atoms with Gasteiger partial charge in [-0.05, 0) is 49.4 Å². The van der Waals surface area contributed by atoms with Crippen molar-refractivity contribution in [2.75, 3.05) is 5.73 Å². The van der Waals surface area contributed by atoms with Crippen molar-refractivity contribution < 1.29 is 0 Å². The highest BCUT2D eigenvalue weighted by Crippen LogP contribution is 2.35. The maximum absolute atomic E-state index is 6.15. The van der Waals surface area contributed by atoms with E-state index >= 15 is 0 Å². The third kappa shape index (κ3) is 2.33. The molecule has 1 aromatic carbocycles. The van der Waals surface area contributed by atoms with Crippen molar-refractivity contribution in [3.05, 3.63) is 48.4 Å². The summed E-state index contributed by atoms with van der Waals surface area (Å²) in [4.78, 5) is 13.6. The highest BCUT2D eigenvalue weighted by molar-refractivity contribution is 5.93. The van der Waals surface area contributed by atoms with E-state index in [-0.39, 0.29) is 0 Å². The highest BCUT2D eigenvalue weighted by atomic mass is 14.9. The van der Waals surface area contributed by atoms with E-state index in [1.165, 1.54) is 12.8 Å². The molecule has 4 rings (SSSR count). The standard InChI is InChI=1S/C17H16N4/c18-13-4-1-5-14-16(13)15(9-11-6-7-11)21-17(20-14)12-3-2-8-19-10-12/h1-5,8,10-11H,6-7,9,18H2. The summed E-state index contributed by atoms with van der Waals surface area (Å²) in [7, 11) is 0. The van der Waals surface area contributed by atoms with Crippen LogP contribution in [-0.4, -0.2) is 15.0 Å². The molecule has 0 spiro atoms. The number of hydrogen-bond acceptors (Lipinski definition) is 4. The van der Waals surface area contributed by atoms with Crippen molar-refractivity contribution in [3.8, 4) is 11.4 Å². The van der Waals surface area contributed by atoms with Crippen molar-refractivity contribution in [3.63, 3.8) is 0 Å². The van der Waals surface area contributed by atoms with Crippen LogP contribution in [-0.2, 0) is 6.42 Å². The van der Waals surface area contributed by atoms with Crippen LogP contribution in [0, 0.1) is 5.92 Å². The van der Waals surface area contributed by atoms with Gasteiger partial charge in [-0.3, -0.25) is 4.98 Å². The highest BCUT2D eigenvalue weighted by Gasteiger charge is 2.24. The maximum atomic E-state index is 6.15. The Labute approximate surface area is 123 Å². The van der Waals surface area contributed by atoms with E-state index in [9.17, 15) is 0 Å². The van der Waals surface area contributed by atoms with Gasteiger partial charge in [-0.1, -0.05) is 6.07 Å². The van der Waals surface area contributed by atoms with Gasteiger partial charge >= 0.3 is 0 Å². The number of pyridine rings is 1. The van der Waals surface area contributed by atoms with Crippen molar-refractivity contribution in [1.29, 1.82) is 0 Å². The molecule has 21 heavy (non-hydrogen) atoms. The van der Waals surface area contributed by atoms with Crippen LogP contribution >= 0.6 is 0 Å². The third-order valence-electron chi connectivity index (χ3n) is 3.93. The summed E-state index contributed by atoms with van der Waals surface area (Å²) in [6.07, 6.45) is 7.13. The van der Waals surface area contributed by atoms with E-state index in [4.69, 9.17) is 10.7 Å². The first-order valence-electron chi connectivity index (χ1n) is 7.27. The molecule has 0 aliphatic heterocycles. The zero-order chi connectivity index (χ0) is 14.2. The Balaban J connectivity index is 1.93. The molecular weight excluding hydrogens is 260 g/mol. The number of nitrogens with two attached hydrogens (primary N) is 1. The fraction of sp³-hybridized carbons (Fsp3) is 0.235. The summed E-state index contributed by atoms with van der Waals surface area (Å²) >= 11 is 0. The summed E-state index contributed by atoms with van der Waals surface area (Å²) in [5.74, 6) is 1.49. The molecule has 1 saturated carbocycles. The molecule has 0 amide bonds. The molecule has 3 aromatic rings. The van der Waals surface area contributed by atoms with Crippen LogP contribution < -0.4 is 5.73 Å². The summed E-state index contributed by atoms with van der Waals surface area (Å²) in [5, 5.41) is 1.01. The van der Waals surface area contributed by atoms with Gasteiger partial charge in [0.1, 0.15) is 0 Å². The smallest absolute Gasteiger partial charge is 0.161 e. The molecule has 0 atom stereocenters. The Bertz CT molecular complexity index is 794. The molecule has 0 bridgehead atoms. The van der Waals surface area contributed by atoms with E-state index in [1.54, 1.807) is 12.4 Å². The lowest BCUT2D eigenvalue weighted by Gasteiger charge is -2.10. The molecule has 1 aliphatic carbocycles. The molecule has 4 heteroatoms. The molecule has 2 heterocycles. The van der Waals surface area contributed by atoms with E-state index < -0.39 is 0 Å². The predicted octanol–water partition coefficient (Wildman–Crippen LogP) is 3.23. The zero-order valence-corrected chi connectivity index (χ0v) is 11.7. The first kappa shape index (κ1) is 12.3. The molecule has 2 N–H and O–H groups in total. The Morgan fingerprint density at radius 1 is 1.10 bits per heavy atom. The summed E-state index contributed by atoms with van der Waals surface area (Å²) < 4.78 is 0. The number of aromatic nitrogens is 3. The van der Waals surface area contributed by atoms with Gasteiger partial charge in [-0.15, -0.1) is 0 Å². The molecule has 0 radical (unpaired) electrons. The van der Waals surface area contributed by atoms with Crippen LogP contribution in [0.2, 0.25) is 0 Å². The number of nitrogen functional groups attached to an aromatic ring is 1. The van der Waals surface area contributed by atoms with Crippen molar-refractivity contribution in [2.45, 2.75) is 19.3 Å². The number of benzene rings is 1. The van der Waals surface area contributed by atoms with Crippen molar-refractivity contribution >= 4 is 16.6 Å². The second kappa shape index (κ2) is 4.81. The summed E-state index contributed by atoms with van der Waals surface area (Å²) in [5.41, 5.74) is 9.84. The molecule has 1 aliphatic rings. The van der Waals surface area contributed by atoms with Gasteiger partial charge in [0.25, 0.3) is 0 Å². The van der Waals surface area contributed by atoms with Crippen LogP contribution in [0.4, 0.5) is 5.69 Å². The van der Waals surface area contributed by atoms with Gasteiger partial charge in [0.05, 0.1) is 11.2 Å². The maximum Gasteiger partial charge on any atom is 0.161 e. The normalized spacial score (nSPS) is 14.5. The van der Waals surface area contributed by atoms with Crippen LogP contribution in [0.5, 0.6) is 0 Å². The van der Waals surface area contributed by atoms with Gasteiger partial charge in [-0.25, -0.2) is 9.97 Å². The summed E-state index contributed by atoms with van der Waals surface area (Å²) in [6, 6.07) is 9.76. The lowest BCUT2D eigenvalue weighted by atomic mass is 10.1. The van der Waals surface area contributed by atoms with E-state index in [1.807, 2.05) is 30.3 Å². The Hall–Kier alpha value is -2.49. The lowest BCUT2D eigenvalue weighted by Crippen LogP contribution is -2.02. The third-order valence-corrected chi connectivity index (χ3v) is 3.93. The van der Waals surface area contributed by atoms with Gasteiger partial charge in [0, 0.05) is 29.0 Å². The molecule has 2 aromatic heterocycles. The van der Waals surface area contributed by atoms with Crippen LogP contribution in [0.3, 0.4) is 0 Å². The largest absolute Gasteiger partial charge is 0.398 e. The van der Waals surface area contributed by atoms with Crippen LogP contribution in [0.25, 0.3) is 22.3 Å². The van der Waals surface area contributed by atoms with Gasteiger partial charge < -0.3 is 5.73 Å². The van der Waals surface area contributed by atoms with Crippen molar-refractivity contribution in [1.82, 2.24) is 15.0 Å². The predicted molar refractivity (Wildman–Crippen MR) is 83.6 cm³/mol. The first-order chi connectivity index (χ1) is 10.3. The molecule has 0 unspecified atom stereocenters. The quantitative estimate of drug-likeness (QED) is 0.746. The monoisotopic (exact) mass is 276 g/mol. The minimum absolute atomic E-state index is 0.733. The minimum atomic E-state index is 0.733. The Kier molecular flexibility index (Phi) is 2.81. The minimum Gasteiger partial charge on any atom is -0.398 e. The van der Waals surface area contributed by atoms with Crippen LogP contribution in [0.15, 0.2) is 42.7 Å². The van der Waals surface area contributed by atoms with E-state index in [0.29, 0.717) is 0 Å². The zero-order valence-electron chi connectivity index (χ0n) is 11.7. The molecule has 1 fully saturated rings. The fourth-order valence-corrected chi connectivity index (χ4v) is 2.66. The van der Waals surface area contributed by atoms with Crippen molar-refractivity contribution in [2.24, 2.45) is 5.92 Å². The summed E-state index contributed by atoms with van der Waals surface area (Å²) in [6.45, 7) is 0. The fourth-order valence-electron chi connectivity index (χ4n) is 2.66. The first-order valence-corrected chi connectivity index (χ1v) is 7.27. The van der Waals surface area contributed by atoms with Gasteiger partial charge in [0.2, 0.25) is 0 Å². The molecule has 4 nitrogen and oxygen atoms in total. The number of anilines is 1. The van der Waals surface area contributed by atoms with E-state index in [2.05, 4.69) is 9.97 Å². The molecular formula is C17H16N4. The lowest BCUT2D eigenvalue weighted by molar-refractivity contribution is 0.810. The van der Waals surface area contributed by atoms with Gasteiger partial charge in [-0.2, -0.15) is 0 Å². The Morgan fingerprint density at radius 3 is 2.76 bits per heavy atom. The number of fused-ring (bicyclic) bond motifs is 1. The number of nitrogens with zero attached hydrogens (tertiary/aromatic N) is 3. The number of rotatable bonds is 3. The average Bonchev–Trinajstić information content (AvgIpc) is 3.32. The SMILES string of the molecule is Nc1cccc2nc(-c3cccnc3)nc(CC3CC3)c12. The molecule has 0 saturated heterocycles. The van der Waals surface area contributed by atoms with Gasteiger partial charge in [0.15, 0.2) is 5.82 Å². The van der Waals surface area contributed by atoms with E-state index in [0.717, 1.165) is 46.0 Å². The Morgan fingerprint density at radius 2 is 2.00 bits per heavy atom.